The van der Waals surface area contributed by atoms with Crippen LogP contribution < -0.4 is 0 Å². The number of piperidine rings is 1. The molecule has 1 aromatic rings. The number of rotatable bonds is 0. The molecule has 13 atom stereocenters. The van der Waals surface area contributed by atoms with Gasteiger partial charge in [-0.1, -0.05) is 41.5 Å². The van der Waals surface area contributed by atoms with Crippen molar-refractivity contribution in [1.82, 2.24) is 48.8 Å². The summed E-state index contributed by atoms with van der Waals surface area (Å²) >= 11 is 2.12. The van der Waals surface area contributed by atoms with Gasteiger partial charge >= 0.3 is 0 Å². The van der Waals surface area contributed by atoms with Crippen LogP contribution in [0.3, 0.4) is 0 Å². The summed E-state index contributed by atoms with van der Waals surface area (Å²) in [6.07, 6.45) is 7.75. The third-order valence-corrected chi connectivity index (χ3v) is 26.8. The first kappa shape index (κ1) is 93.3. The van der Waals surface area contributed by atoms with Crippen LogP contribution in [0.15, 0.2) is 18.7 Å². The smallest absolute Gasteiger partial charge is 0.157 e. The monoisotopic (exact) mass is 1410 g/mol. The average Bonchev–Trinajstić information content (AvgIpc) is 1.05. The van der Waals surface area contributed by atoms with Crippen LogP contribution in [0.5, 0.6) is 0 Å². The molecule has 8 rings (SSSR count). The number of hydrogen-bond acceptors (Lipinski definition) is 14. The van der Waals surface area contributed by atoms with E-state index in [0.717, 1.165) is 60.4 Å². The van der Waals surface area contributed by atoms with Crippen LogP contribution in [0.4, 0.5) is 0 Å². The molecule has 7 fully saturated rings. The fourth-order valence-corrected chi connectivity index (χ4v) is 17.8. The van der Waals surface area contributed by atoms with E-state index in [4.69, 9.17) is 4.74 Å². The van der Waals surface area contributed by atoms with E-state index in [0.29, 0.717) is 70.0 Å². The summed E-state index contributed by atoms with van der Waals surface area (Å²) in [5.74, 6) is 3.50. The number of hydrogen-bond donors (Lipinski definition) is 0. The number of likely N-dealkylation sites (tertiary alicyclic amines) is 2. The molecule has 7 saturated heterocycles. The summed E-state index contributed by atoms with van der Waals surface area (Å²) < 4.78 is 42.9. The van der Waals surface area contributed by atoms with E-state index in [1.54, 1.807) is 6.20 Å². The number of likely N-dealkylation sites (N-methyl/N-ethyl adjacent to an activating group) is 1. The van der Waals surface area contributed by atoms with Gasteiger partial charge in [-0.05, 0) is 265 Å². The minimum atomic E-state index is -2.88. The van der Waals surface area contributed by atoms with Crippen LogP contribution in [0, 0.1) is 23.7 Å². The maximum absolute atomic E-state index is 11.8. The highest BCUT2D eigenvalue weighted by Gasteiger charge is 2.40. The van der Waals surface area contributed by atoms with E-state index >= 15 is 0 Å². The number of ether oxygens (including phenoxy) is 1. The molecule has 0 radical (unpaired) electrons. The molecule has 96 heavy (non-hydrogen) atoms. The largest absolute Gasteiger partial charge is 0.373 e. The molecule has 7 aliphatic heterocycles. The second kappa shape index (κ2) is 38.4. The molecule has 13 unspecified atom stereocenters. The first-order valence-corrected chi connectivity index (χ1v) is 41.7. The summed E-state index contributed by atoms with van der Waals surface area (Å²) in [5.41, 5.74) is 2.16. The SMILES string of the molecule is CC(C)(C)n1ccnc1.CC1CCN(C(C)(C)C)C1.CC1CN(C(C)(C)C)CC(C)C1C.CC1CN(C(C)(C)C)CC(C)N1C.CC1CN(C(C)(C)C)CC(C)O1.CC1CN(C(C)(C)C)CC(C)S1.CC1CN(C(C)(C)C)CC(C)S1(=O)=O.CC1CN(C(C)(C)C)CC(C)S1=O. The van der Waals surface area contributed by atoms with Gasteiger partial charge in [-0.15, -0.1) is 0 Å². The predicted octanol–water partition coefficient (Wildman–Crippen LogP) is 16.0. The Morgan fingerprint density at radius 2 is 0.740 bits per heavy atom. The maximum Gasteiger partial charge on any atom is 0.157 e. The second-order valence-electron chi connectivity index (χ2n) is 39.0. The molecule has 8 heterocycles. The quantitative estimate of drug-likeness (QED) is 0.246. The Balaban J connectivity index is 0.000000550. The number of sulfone groups is 1. The van der Waals surface area contributed by atoms with Crippen molar-refractivity contribution in [2.24, 2.45) is 23.7 Å². The first-order chi connectivity index (χ1) is 43.0. The van der Waals surface area contributed by atoms with Gasteiger partial charge < -0.3 is 9.30 Å². The van der Waals surface area contributed by atoms with Gasteiger partial charge in [0.15, 0.2) is 9.84 Å². The van der Waals surface area contributed by atoms with E-state index in [9.17, 15) is 12.6 Å². The minimum absolute atomic E-state index is 0.0679. The van der Waals surface area contributed by atoms with Crippen LogP contribution in [0.1, 0.15) is 270 Å². The van der Waals surface area contributed by atoms with Crippen molar-refractivity contribution in [1.29, 1.82) is 0 Å². The Morgan fingerprint density at radius 3 is 1.03 bits per heavy atom. The summed E-state index contributed by atoms with van der Waals surface area (Å²) in [5, 5.41) is 1.78. The summed E-state index contributed by atoms with van der Waals surface area (Å²) in [6, 6.07) is 1.37. The number of piperazine rings is 1. The van der Waals surface area contributed by atoms with Gasteiger partial charge in [0.05, 0.1) is 29.0 Å². The van der Waals surface area contributed by atoms with Gasteiger partial charge in [-0.25, -0.2) is 13.4 Å². The Labute approximate surface area is 605 Å². The Morgan fingerprint density at radius 1 is 0.417 bits per heavy atom. The number of morpholine rings is 1. The van der Waals surface area contributed by atoms with Gasteiger partial charge in [0.1, 0.15) is 0 Å². The van der Waals surface area contributed by atoms with Crippen molar-refractivity contribution in [3.8, 4) is 0 Å². The van der Waals surface area contributed by atoms with E-state index in [2.05, 4.69) is 317 Å². The van der Waals surface area contributed by atoms with Gasteiger partial charge in [0.25, 0.3) is 0 Å². The third kappa shape index (κ3) is 33.0. The van der Waals surface area contributed by atoms with Crippen molar-refractivity contribution in [3.63, 3.8) is 0 Å². The zero-order valence-corrected chi connectivity index (χ0v) is 73.2. The lowest BCUT2D eigenvalue weighted by atomic mass is 9.79. The Hall–Kier alpha value is -0.700. The second-order valence-corrected chi connectivity index (χ2v) is 45.9. The molecule has 0 aliphatic carbocycles. The highest BCUT2D eigenvalue weighted by molar-refractivity contribution is 8.00. The van der Waals surface area contributed by atoms with Gasteiger partial charge in [-0.2, -0.15) is 11.8 Å². The van der Waals surface area contributed by atoms with E-state index < -0.39 is 20.6 Å². The molecule has 0 spiro atoms. The Kier molecular flexibility index (Phi) is 37.3. The number of imidazole rings is 1. The van der Waals surface area contributed by atoms with Crippen molar-refractivity contribution in [2.75, 3.05) is 98.7 Å². The van der Waals surface area contributed by atoms with Crippen LogP contribution in [0.2, 0.25) is 0 Å². The van der Waals surface area contributed by atoms with Crippen LogP contribution >= 0.6 is 11.8 Å². The molecule has 0 aromatic carbocycles. The molecule has 0 saturated carbocycles. The van der Waals surface area contributed by atoms with E-state index in [-0.39, 0.29) is 32.7 Å². The fraction of sp³-hybridized carbons (Fsp3) is 0.962. The first-order valence-electron chi connectivity index (χ1n) is 37.9. The molecule has 17 heteroatoms. The summed E-state index contributed by atoms with van der Waals surface area (Å²) in [7, 11) is -1.27. The molecule has 0 bridgehead atoms. The number of nitrogens with zero attached hydrogens (tertiary/aromatic N) is 10. The van der Waals surface area contributed by atoms with Crippen molar-refractivity contribution in [2.45, 2.75) is 370 Å². The number of thioether (sulfide) groups is 1. The third-order valence-electron chi connectivity index (χ3n) is 21.2. The van der Waals surface area contributed by atoms with Crippen LogP contribution in [-0.2, 0) is 30.9 Å². The number of aromatic nitrogens is 2. The molecule has 14 nitrogen and oxygen atoms in total. The lowest BCUT2D eigenvalue weighted by molar-refractivity contribution is -0.0924. The molecular formula is C79H164N10O4S3. The zero-order valence-electron chi connectivity index (χ0n) is 70.8. The zero-order chi connectivity index (χ0) is 75.2. The van der Waals surface area contributed by atoms with E-state index in [1.165, 1.54) is 58.8 Å². The lowest BCUT2D eigenvalue weighted by Crippen LogP contribution is -2.59. The maximum atomic E-state index is 11.8. The summed E-state index contributed by atoms with van der Waals surface area (Å²) in [4.78, 5) is 24.0. The minimum Gasteiger partial charge on any atom is -0.373 e. The van der Waals surface area contributed by atoms with Crippen LogP contribution in [0.25, 0.3) is 0 Å². The molecular weight excluding hydrogens is 1250 g/mol. The van der Waals surface area contributed by atoms with Crippen molar-refractivity contribution in [3.05, 3.63) is 18.7 Å². The highest BCUT2D eigenvalue weighted by atomic mass is 32.2. The lowest BCUT2D eigenvalue weighted by Gasteiger charge is -2.48. The predicted molar refractivity (Wildman–Crippen MR) is 426 cm³/mol. The van der Waals surface area contributed by atoms with Gasteiger partial charge in [0.2, 0.25) is 0 Å². The molecule has 7 aliphatic rings. The normalized spacial score (nSPS) is 32.4. The van der Waals surface area contributed by atoms with Gasteiger partial charge in [0, 0.05) is 186 Å². The van der Waals surface area contributed by atoms with Crippen molar-refractivity contribution >= 4 is 32.4 Å². The summed E-state index contributed by atoms with van der Waals surface area (Å²) in [6.45, 7) is 100. The van der Waals surface area contributed by atoms with E-state index in [1.807, 2.05) is 26.4 Å². The van der Waals surface area contributed by atoms with Crippen molar-refractivity contribution < 1.29 is 17.4 Å². The molecule has 0 N–H and O–H groups in total. The van der Waals surface area contributed by atoms with Crippen LogP contribution in [-0.4, -0.2) is 255 Å². The molecule has 1 aromatic heterocycles. The topological polar surface area (TPSA) is 104 Å². The molecule has 0 amide bonds. The standard InChI is InChI=1S/C12H25N.C11H24N2.C10H21NO2S.C10H21NOS.C10H21NO.C10H21NS.C9H19N.C7H12N2/c1-9-7-13(12(4,5)6)8-10(2)11(9)3;1-9-7-13(11(3,4)5)8-10(2)12(9)6;1-8-6-11(10(3,4)5)7-9(2)14(8,12)13;1-8-6-11(10(3,4)5)7-9(2)13(8)12;2*1-8-6-11(10(3,4)5)7-9(2)12-8;1-8-5-6-10(7-8)9(2,3)4;1-7(2,3)9-5-4-8-6-9/h9-11H,7-8H2,1-6H3;9-10H,7-8H2,1-6H3;8-9H,6-7H2,1-5H3;8-9H,6-7H2,1-5H3;2*8-9H,6-7H2,1-5H3;8H,5-7H2,1-4H3;4-6H,1-3H3. The molecule has 572 valence electrons. The average molecular weight is 1410 g/mol. The Bertz CT molecular complexity index is 2290. The fourth-order valence-electron chi connectivity index (χ4n) is 13.4. The van der Waals surface area contributed by atoms with Gasteiger partial charge in [-0.3, -0.25) is 43.4 Å². The highest BCUT2D eigenvalue weighted by Crippen LogP contribution is 2.33.